The molecule has 2 aromatic rings. The summed E-state index contributed by atoms with van der Waals surface area (Å²) in [6.45, 7) is 5.56. The number of nitrogens with zero attached hydrogens (tertiary/aromatic N) is 1. The first-order chi connectivity index (χ1) is 8.66. The summed E-state index contributed by atoms with van der Waals surface area (Å²) in [5, 5.41) is 5.09. The molecule has 2 heteroatoms. The van der Waals surface area contributed by atoms with Gasteiger partial charge < -0.3 is 9.88 Å². The van der Waals surface area contributed by atoms with Crippen molar-refractivity contribution in [1.82, 2.24) is 9.88 Å². The fourth-order valence-corrected chi connectivity index (χ4v) is 3.07. The van der Waals surface area contributed by atoms with E-state index >= 15 is 0 Å². The van der Waals surface area contributed by atoms with Gasteiger partial charge in [-0.2, -0.15) is 0 Å². The highest BCUT2D eigenvalue weighted by atomic mass is 15.0. The Bertz CT molecular complexity index is 574. The zero-order valence-corrected chi connectivity index (χ0v) is 11.6. The van der Waals surface area contributed by atoms with Crippen LogP contribution >= 0.6 is 0 Å². The third kappa shape index (κ3) is 1.85. The Kier molecular flexibility index (Phi) is 2.90. The van der Waals surface area contributed by atoms with Gasteiger partial charge in [0.2, 0.25) is 0 Å². The van der Waals surface area contributed by atoms with Crippen LogP contribution in [0.4, 0.5) is 0 Å². The summed E-state index contributed by atoms with van der Waals surface area (Å²) in [5.74, 6) is 0. The molecule has 0 aliphatic carbocycles. The summed E-state index contributed by atoms with van der Waals surface area (Å²) in [7, 11) is 2.16. The summed E-state index contributed by atoms with van der Waals surface area (Å²) in [6.07, 6.45) is 6.25. The first kappa shape index (κ1) is 11.8. The summed E-state index contributed by atoms with van der Waals surface area (Å²) < 4.78 is 2.27. The molecule has 3 rings (SSSR count). The van der Waals surface area contributed by atoms with Gasteiger partial charge in [0.15, 0.2) is 0 Å². The Morgan fingerprint density at radius 1 is 1.17 bits per heavy atom. The number of benzene rings is 1. The predicted molar refractivity (Wildman–Crippen MR) is 77.0 cm³/mol. The number of hydrogen-bond donors (Lipinski definition) is 1. The average Bonchev–Trinajstić information content (AvgIpc) is 2.69. The van der Waals surface area contributed by atoms with E-state index in [2.05, 4.69) is 49.1 Å². The molecule has 0 radical (unpaired) electrons. The van der Waals surface area contributed by atoms with E-state index in [-0.39, 0.29) is 0 Å². The van der Waals surface area contributed by atoms with E-state index in [1.165, 1.54) is 46.9 Å². The second-order valence-corrected chi connectivity index (χ2v) is 5.65. The lowest BCUT2D eigenvalue weighted by Gasteiger charge is -2.23. The Morgan fingerprint density at radius 3 is 2.67 bits per heavy atom. The quantitative estimate of drug-likeness (QED) is 0.808. The third-order valence-corrected chi connectivity index (χ3v) is 4.32. The number of hydrogen-bond acceptors (Lipinski definition) is 1. The fraction of sp³-hybridized carbons (Fsp3) is 0.500. The number of piperidine rings is 1. The number of fused-ring (bicyclic) bond motifs is 1. The van der Waals surface area contributed by atoms with Crippen LogP contribution in [0.1, 0.15) is 42.0 Å². The lowest BCUT2D eigenvalue weighted by Crippen LogP contribution is -2.26. The van der Waals surface area contributed by atoms with Gasteiger partial charge in [-0.15, -0.1) is 0 Å². The average molecular weight is 242 g/mol. The molecule has 1 atom stereocenters. The van der Waals surface area contributed by atoms with Gasteiger partial charge in [0.25, 0.3) is 0 Å². The lowest BCUT2D eigenvalue weighted by atomic mass is 9.96. The summed E-state index contributed by atoms with van der Waals surface area (Å²) in [6, 6.07) is 5.22. The highest BCUT2D eigenvalue weighted by molar-refractivity contribution is 5.86. The van der Waals surface area contributed by atoms with Crippen molar-refractivity contribution in [2.75, 3.05) is 6.54 Å². The molecule has 1 aliphatic heterocycles. The van der Waals surface area contributed by atoms with E-state index < -0.39 is 0 Å². The largest absolute Gasteiger partial charge is 0.350 e. The Balaban J connectivity index is 2.14. The molecular formula is C16H22N2. The second-order valence-electron chi connectivity index (χ2n) is 5.65. The molecule has 18 heavy (non-hydrogen) atoms. The molecule has 0 spiro atoms. The van der Waals surface area contributed by atoms with Crippen molar-refractivity contribution in [1.29, 1.82) is 0 Å². The van der Waals surface area contributed by atoms with Crippen LogP contribution in [0.15, 0.2) is 18.3 Å². The molecule has 2 nitrogen and oxygen atoms in total. The maximum Gasteiger partial charge on any atom is 0.0484 e. The minimum absolute atomic E-state index is 0.546. The second kappa shape index (κ2) is 4.43. The van der Waals surface area contributed by atoms with Crippen molar-refractivity contribution < 1.29 is 0 Å². The van der Waals surface area contributed by atoms with E-state index in [1.807, 2.05) is 0 Å². The van der Waals surface area contributed by atoms with Gasteiger partial charge in [0, 0.05) is 30.2 Å². The number of aromatic nitrogens is 1. The van der Waals surface area contributed by atoms with Crippen LogP contribution in [0, 0.1) is 13.8 Å². The van der Waals surface area contributed by atoms with Crippen molar-refractivity contribution in [3.05, 3.63) is 35.0 Å². The van der Waals surface area contributed by atoms with Gasteiger partial charge >= 0.3 is 0 Å². The first-order valence-electron chi connectivity index (χ1n) is 6.96. The van der Waals surface area contributed by atoms with Crippen LogP contribution in [0.5, 0.6) is 0 Å². The third-order valence-electron chi connectivity index (χ3n) is 4.32. The van der Waals surface area contributed by atoms with Crippen LogP contribution in [-0.4, -0.2) is 11.1 Å². The highest BCUT2D eigenvalue weighted by Gasteiger charge is 2.19. The van der Waals surface area contributed by atoms with Crippen LogP contribution in [-0.2, 0) is 7.05 Å². The number of rotatable bonds is 1. The highest BCUT2D eigenvalue weighted by Crippen LogP contribution is 2.32. The lowest BCUT2D eigenvalue weighted by molar-refractivity contribution is 0.414. The van der Waals surface area contributed by atoms with Gasteiger partial charge in [-0.05, 0) is 62.1 Å². The summed E-state index contributed by atoms with van der Waals surface area (Å²) >= 11 is 0. The van der Waals surface area contributed by atoms with Gasteiger partial charge in [0.1, 0.15) is 0 Å². The number of nitrogens with one attached hydrogen (secondary N) is 1. The molecule has 2 heterocycles. The summed E-state index contributed by atoms with van der Waals surface area (Å²) in [4.78, 5) is 0. The van der Waals surface area contributed by atoms with E-state index in [9.17, 15) is 0 Å². The van der Waals surface area contributed by atoms with E-state index in [1.54, 1.807) is 0 Å². The summed E-state index contributed by atoms with van der Waals surface area (Å²) in [5.41, 5.74) is 5.62. The molecule has 1 aromatic heterocycles. The molecule has 0 amide bonds. The van der Waals surface area contributed by atoms with Crippen LogP contribution in [0.25, 0.3) is 10.9 Å². The molecular weight excluding hydrogens is 220 g/mol. The van der Waals surface area contributed by atoms with Crippen molar-refractivity contribution in [3.8, 4) is 0 Å². The molecule has 0 bridgehead atoms. The molecule has 1 unspecified atom stereocenters. The maximum atomic E-state index is 3.66. The normalized spacial score (nSPS) is 20.5. The Hall–Kier alpha value is -1.28. The van der Waals surface area contributed by atoms with E-state index in [0.717, 1.165) is 6.54 Å². The van der Waals surface area contributed by atoms with Gasteiger partial charge in [-0.25, -0.2) is 0 Å². The van der Waals surface area contributed by atoms with Crippen LogP contribution in [0.2, 0.25) is 0 Å². The maximum absolute atomic E-state index is 3.66. The Labute approximate surface area is 109 Å². The van der Waals surface area contributed by atoms with E-state index in [4.69, 9.17) is 0 Å². The molecule has 0 saturated carbocycles. The topological polar surface area (TPSA) is 17.0 Å². The van der Waals surface area contributed by atoms with E-state index in [0.29, 0.717) is 6.04 Å². The SMILES string of the molecule is Cc1cc2c(C3CCCCN3)cn(C)c2cc1C. The van der Waals surface area contributed by atoms with Gasteiger partial charge in [-0.3, -0.25) is 0 Å². The predicted octanol–water partition coefficient (Wildman–Crippen LogP) is 3.61. The minimum atomic E-state index is 0.546. The monoisotopic (exact) mass is 242 g/mol. The molecule has 96 valence electrons. The van der Waals surface area contributed by atoms with Crippen LogP contribution in [0.3, 0.4) is 0 Å². The molecule has 1 aliphatic rings. The zero-order chi connectivity index (χ0) is 12.7. The van der Waals surface area contributed by atoms with Crippen molar-refractivity contribution >= 4 is 10.9 Å². The van der Waals surface area contributed by atoms with Gasteiger partial charge in [0.05, 0.1) is 0 Å². The van der Waals surface area contributed by atoms with Crippen molar-refractivity contribution in [2.45, 2.75) is 39.2 Å². The molecule has 1 saturated heterocycles. The smallest absolute Gasteiger partial charge is 0.0484 e. The fourth-order valence-electron chi connectivity index (χ4n) is 3.07. The molecule has 1 fully saturated rings. The van der Waals surface area contributed by atoms with Crippen molar-refractivity contribution in [2.24, 2.45) is 7.05 Å². The Morgan fingerprint density at radius 2 is 1.94 bits per heavy atom. The first-order valence-corrected chi connectivity index (χ1v) is 6.96. The van der Waals surface area contributed by atoms with Gasteiger partial charge in [-0.1, -0.05) is 6.42 Å². The minimum Gasteiger partial charge on any atom is -0.350 e. The molecule has 1 aromatic carbocycles. The van der Waals surface area contributed by atoms with Crippen LogP contribution < -0.4 is 5.32 Å². The van der Waals surface area contributed by atoms with Crippen molar-refractivity contribution in [3.63, 3.8) is 0 Å². The standard InChI is InChI=1S/C16H22N2/c1-11-8-13-14(15-6-4-5-7-17-15)10-18(3)16(13)9-12(11)2/h8-10,15,17H,4-7H2,1-3H3. The number of aryl methyl sites for hydroxylation is 3. The molecule has 1 N–H and O–H groups in total. The zero-order valence-electron chi connectivity index (χ0n) is 11.6.